The number of halogens is 2. The van der Waals surface area contributed by atoms with Crippen LogP contribution in [0.1, 0.15) is 11.9 Å². The second kappa shape index (κ2) is 8.30. The van der Waals surface area contributed by atoms with Crippen molar-refractivity contribution in [3.63, 3.8) is 0 Å². The molecule has 0 radical (unpaired) electrons. The van der Waals surface area contributed by atoms with Gasteiger partial charge in [0.05, 0.1) is 27.0 Å². The summed E-state index contributed by atoms with van der Waals surface area (Å²) >= 11 is 8.70. The van der Waals surface area contributed by atoms with Crippen LogP contribution in [0.25, 0.3) is 21.8 Å². The minimum absolute atomic E-state index is 0.148. The van der Waals surface area contributed by atoms with Gasteiger partial charge in [0.15, 0.2) is 5.82 Å². The number of benzene rings is 1. The molecule has 0 amide bonds. The molecule has 3 aromatic rings. The van der Waals surface area contributed by atoms with Crippen molar-refractivity contribution in [2.45, 2.75) is 13.8 Å². The van der Waals surface area contributed by atoms with E-state index < -0.39 is 0 Å². The quantitative estimate of drug-likeness (QED) is 0.440. The van der Waals surface area contributed by atoms with E-state index in [-0.39, 0.29) is 11.1 Å². The zero-order chi connectivity index (χ0) is 18.7. The second-order valence-corrected chi connectivity index (χ2v) is 7.98. The highest BCUT2D eigenvalue weighted by Gasteiger charge is 2.19. The number of nitrogens with one attached hydrogen (secondary N) is 1. The fourth-order valence-electron chi connectivity index (χ4n) is 2.23. The third-order valence-corrected chi connectivity index (χ3v) is 5.66. The van der Waals surface area contributed by atoms with Gasteiger partial charge in [0, 0.05) is 30.4 Å². The topological polar surface area (TPSA) is 53.9 Å². The third-order valence-electron chi connectivity index (χ3n) is 3.60. The molecule has 2 aromatic heterocycles. The zero-order valence-electron chi connectivity index (χ0n) is 14.5. The number of aromatic nitrogens is 3. The molecule has 9 heteroatoms. The Balaban J connectivity index is 2.02. The molecule has 26 heavy (non-hydrogen) atoms. The fourth-order valence-corrected chi connectivity index (χ4v) is 3.82. The van der Waals surface area contributed by atoms with Crippen LogP contribution in [-0.2, 0) is 0 Å². The van der Waals surface area contributed by atoms with Gasteiger partial charge in [-0.15, -0.1) is 11.3 Å². The first kappa shape index (κ1) is 19.0. The Morgan fingerprint density at radius 3 is 2.85 bits per heavy atom. The van der Waals surface area contributed by atoms with E-state index in [1.165, 1.54) is 23.5 Å². The Labute approximate surface area is 164 Å². The SMILES string of the molecule is CCN(C)SNc1cccc(-c2nc(C)sc2-c2ccnc(Cl)n2)c1F. The van der Waals surface area contributed by atoms with Gasteiger partial charge in [-0.05, 0) is 43.8 Å². The molecule has 0 atom stereocenters. The number of hydrogen-bond acceptors (Lipinski definition) is 7. The second-order valence-electron chi connectivity index (χ2n) is 5.43. The summed E-state index contributed by atoms with van der Waals surface area (Å²) in [5, 5.41) is 0.969. The van der Waals surface area contributed by atoms with Crippen LogP contribution in [0, 0.1) is 12.7 Å². The lowest BCUT2D eigenvalue weighted by atomic mass is 10.1. The Morgan fingerprint density at radius 2 is 2.12 bits per heavy atom. The minimum Gasteiger partial charge on any atom is -0.314 e. The predicted octanol–water partition coefficient (Wildman–Crippen LogP) is 5.29. The van der Waals surface area contributed by atoms with Crippen molar-refractivity contribution in [2.75, 3.05) is 18.3 Å². The molecule has 0 spiro atoms. The summed E-state index contributed by atoms with van der Waals surface area (Å²) in [6.45, 7) is 4.74. The average molecular weight is 410 g/mol. The number of thiazole rings is 1. The van der Waals surface area contributed by atoms with Crippen molar-refractivity contribution in [1.82, 2.24) is 19.3 Å². The van der Waals surface area contributed by atoms with Gasteiger partial charge in [-0.3, -0.25) is 0 Å². The first-order chi connectivity index (χ1) is 12.5. The summed E-state index contributed by atoms with van der Waals surface area (Å²) < 4.78 is 20.1. The van der Waals surface area contributed by atoms with Crippen LogP contribution in [0.2, 0.25) is 5.28 Å². The van der Waals surface area contributed by atoms with Gasteiger partial charge in [0.2, 0.25) is 5.28 Å². The Kier molecular flexibility index (Phi) is 6.08. The molecule has 0 unspecified atom stereocenters. The van der Waals surface area contributed by atoms with E-state index in [0.717, 1.165) is 16.4 Å². The van der Waals surface area contributed by atoms with E-state index in [2.05, 4.69) is 19.7 Å². The van der Waals surface area contributed by atoms with E-state index in [1.807, 2.05) is 25.2 Å². The minimum atomic E-state index is -0.351. The number of nitrogens with zero attached hydrogens (tertiary/aromatic N) is 4. The lowest BCUT2D eigenvalue weighted by Gasteiger charge is -2.15. The molecule has 0 aliphatic heterocycles. The third kappa shape index (κ3) is 4.15. The van der Waals surface area contributed by atoms with E-state index in [4.69, 9.17) is 11.6 Å². The van der Waals surface area contributed by atoms with E-state index >= 15 is 4.39 Å². The summed E-state index contributed by atoms with van der Waals surface area (Å²) in [6, 6.07) is 6.97. The molecular formula is C17H17ClFN5S2. The molecule has 1 aromatic carbocycles. The molecular weight excluding hydrogens is 393 g/mol. The molecule has 0 bridgehead atoms. The lowest BCUT2D eigenvalue weighted by Crippen LogP contribution is -2.11. The standard InChI is InChI=1S/C17H17ClFN5S2/c1-4-24(3)26-23-12-7-5-6-11(14(12)19)15-16(25-10(2)21-15)13-8-9-20-17(18)22-13/h5-9,23H,4H2,1-3H3. The molecule has 0 saturated heterocycles. The van der Waals surface area contributed by atoms with Crippen molar-refractivity contribution < 1.29 is 4.39 Å². The highest BCUT2D eigenvalue weighted by molar-refractivity contribution is 7.98. The predicted molar refractivity (Wildman–Crippen MR) is 108 cm³/mol. The van der Waals surface area contributed by atoms with E-state index in [0.29, 0.717) is 22.6 Å². The van der Waals surface area contributed by atoms with Crippen LogP contribution < -0.4 is 4.72 Å². The molecule has 3 rings (SSSR count). The molecule has 5 nitrogen and oxygen atoms in total. The molecule has 0 aliphatic rings. The summed E-state index contributed by atoms with van der Waals surface area (Å²) in [5.41, 5.74) is 2.01. The normalized spacial score (nSPS) is 11.2. The highest BCUT2D eigenvalue weighted by Crippen LogP contribution is 2.38. The molecule has 0 aliphatic carbocycles. The van der Waals surface area contributed by atoms with Crippen LogP contribution >= 0.6 is 35.1 Å². The van der Waals surface area contributed by atoms with E-state index in [9.17, 15) is 0 Å². The van der Waals surface area contributed by atoms with Crippen molar-refractivity contribution >= 4 is 40.8 Å². The van der Waals surface area contributed by atoms with Crippen molar-refractivity contribution in [1.29, 1.82) is 0 Å². The Hall–Kier alpha value is -1.74. The average Bonchev–Trinajstić information content (AvgIpc) is 3.02. The van der Waals surface area contributed by atoms with Gasteiger partial charge < -0.3 is 4.72 Å². The van der Waals surface area contributed by atoms with Crippen LogP contribution in [0.5, 0.6) is 0 Å². The first-order valence-electron chi connectivity index (χ1n) is 7.89. The molecule has 0 fully saturated rings. The van der Waals surface area contributed by atoms with Gasteiger partial charge in [-0.2, -0.15) is 0 Å². The maximum absolute atomic E-state index is 15.1. The highest BCUT2D eigenvalue weighted by atomic mass is 35.5. The van der Waals surface area contributed by atoms with Crippen molar-refractivity contribution in [3.8, 4) is 21.8 Å². The molecule has 2 heterocycles. The van der Waals surface area contributed by atoms with Gasteiger partial charge >= 0.3 is 0 Å². The summed E-state index contributed by atoms with van der Waals surface area (Å²) in [5.74, 6) is -0.351. The van der Waals surface area contributed by atoms with Crippen LogP contribution in [0.3, 0.4) is 0 Å². The van der Waals surface area contributed by atoms with Gasteiger partial charge in [0.1, 0.15) is 0 Å². The smallest absolute Gasteiger partial charge is 0.222 e. The monoisotopic (exact) mass is 409 g/mol. The van der Waals surface area contributed by atoms with Crippen LogP contribution in [0.15, 0.2) is 30.5 Å². The molecule has 1 N–H and O–H groups in total. The maximum atomic E-state index is 15.1. The summed E-state index contributed by atoms with van der Waals surface area (Å²) in [6.07, 6.45) is 1.58. The van der Waals surface area contributed by atoms with Crippen LogP contribution in [0.4, 0.5) is 10.1 Å². The number of rotatable bonds is 6. The van der Waals surface area contributed by atoms with Gasteiger partial charge in [-0.1, -0.05) is 13.0 Å². The first-order valence-corrected chi connectivity index (χ1v) is 9.85. The summed E-state index contributed by atoms with van der Waals surface area (Å²) in [7, 11) is 1.93. The van der Waals surface area contributed by atoms with E-state index in [1.54, 1.807) is 30.5 Å². The lowest BCUT2D eigenvalue weighted by molar-refractivity contribution is 0.603. The van der Waals surface area contributed by atoms with Gasteiger partial charge in [0.25, 0.3) is 0 Å². The largest absolute Gasteiger partial charge is 0.314 e. The summed E-state index contributed by atoms with van der Waals surface area (Å²) in [4.78, 5) is 13.4. The fraction of sp³-hybridized carbons (Fsp3) is 0.235. The van der Waals surface area contributed by atoms with Crippen molar-refractivity contribution in [3.05, 3.63) is 46.6 Å². The zero-order valence-corrected chi connectivity index (χ0v) is 16.8. The van der Waals surface area contributed by atoms with Crippen molar-refractivity contribution in [2.24, 2.45) is 0 Å². The molecule has 0 saturated carbocycles. The number of aryl methyl sites for hydroxylation is 1. The van der Waals surface area contributed by atoms with Gasteiger partial charge in [-0.25, -0.2) is 23.6 Å². The van der Waals surface area contributed by atoms with Crippen LogP contribution in [-0.4, -0.2) is 32.8 Å². The maximum Gasteiger partial charge on any atom is 0.222 e. The Morgan fingerprint density at radius 1 is 1.31 bits per heavy atom. The number of anilines is 1. The molecule has 136 valence electrons. The number of hydrogen-bond donors (Lipinski definition) is 1. The Bertz CT molecular complexity index is 918.